The molecule has 10 heteroatoms. The fourth-order valence-electron chi connectivity index (χ4n) is 4.59. The molecule has 1 saturated heterocycles. The van der Waals surface area contributed by atoms with Gasteiger partial charge in [0.15, 0.2) is 11.6 Å². The molecule has 0 spiro atoms. The number of nitrogens with one attached hydrogen (secondary N) is 1. The number of urea groups is 1. The van der Waals surface area contributed by atoms with Gasteiger partial charge in [0.1, 0.15) is 0 Å². The van der Waals surface area contributed by atoms with Crippen molar-refractivity contribution in [2.24, 2.45) is 10.9 Å². The average Bonchev–Trinajstić information content (AvgIpc) is 2.79. The minimum absolute atomic E-state index is 0.00382. The van der Waals surface area contributed by atoms with Gasteiger partial charge in [0.25, 0.3) is 0 Å². The Hall–Kier alpha value is -2.88. The van der Waals surface area contributed by atoms with E-state index in [4.69, 9.17) is 9.47 Å². The third-order valence-electron chi connectivity index (χ3n) is 6.36. The second-order valence-corrected chi connectivity index (χ2v) is 9.61. The first-order valence-electron chi connectivity index (χ1n) is 13.0. The van der Waals surface area contributed by atoms with Crippen LogP contribution in [0.4, 0.5) is 14.9 Å². The van der Waals surface area contributed by atoms with Gasteiger partial charge in [0.2, 0.25) is 12.3 Å². The fraction of sp³-hybridized carbons (Fsp3) is 0.654. The maximum absolute atomic E-state index is 14.6. The molecule has 2 amide bonds. The molecule has 0 aromatic heterocycles. The molecule has 1 aromatic rings. The molecule has 1 aliphatic carbocycles. The first-order chi connectivity index (χ1) is 17.3. The van der Waals surface area contributed by atoms with Crippen LogP contribution in [0.5, 0.6) is 5.75 Å². The number of aliphatic hydroxyl groups excluding tert-OH is 1. The summed E-state index contributed by atoms with van der Waals surface area (Å²) in [4.78, 5) is 32.0. The van der Waals surface area contributed by atoms with Crippen molar-refractivity contribution in [3.63, 3.8) is 0 Å². The second kappa shape index (κ2) is 13.4. The van der Waals surface area contributed by atoms with Crippen LogP contribution in [0.15, 0.2) is 23.2 Å². The van der Waals surface area contributed by atoms with Crippen LogP contribution in [0.2, 0.25) is 0 Å². The summed E-state index contributed by atoms with van der Waals surface area (Å²) in [6.07, 6.45) is 6.35. The average molecular weight is 507 g/mol. The molecule has 9 nitrogen and oxygen atoms in total. The summed E-state index contributed by atoms with van der Waals surface area (Å²) in [7, 11) is 0. The standard InChI is InChI=1S/C26H39FN4O5/c1-4-35-23(32)14-15-30-25(33)29-24(28-20-12-13-22(21(27)16-20)36-18(2)3)31(26(30)34)17-19-10-8-6-5-7-9-11-19/h12-13,16,18-19,26,34H,4-11,14-15,17H2,1-3H3,(H,28,29,33). The summed E-state index contributed by atoms with van der Waals surface area (Å²) in [5, 5.41) is 13.9. The molecule has 1 aliphatic heterocycles. The molecular formula is C26H39FN4O5. The summed E-state index contributed by atoms with van der Waals surface area (Å²) >= 11 is 0. The summed E-state index contributed by atoms with van der Waals surface area (Å²) in [5.41, 5.74) is 0.286. The lowest BCUT2D eigenvalue weighted by atomic mass is 9.91. The van der Waals surface area contributed by atoms with Crippen LogP contribution in [0.25, 0.3) is 0 Å². The van der Waals surface area contributed by atoms with E-state index in [-0.39, 0.29) is 43.1 Å². The molecule has 2 aliphatic rings. The number of amides is 2. The Bertz CT molecular complexity index is 918. The number of halogens is 1. The zero-order valence-electron chi connectivity index (χ0n) is 21.5. The smallest absolute Gasteiger partial charge is 0.327 e. The molecule has 3 rings (SSSR count). The van der Waals surface area contributed by atoms with Gasteiger partial charge in [0, 0.05) is 19.2 Å². The number of carbonyl (C=O) groups excluding carboxylic acids is 2. The van der Waals surface area contributed by atoms with Crippen molar-refractivity contribution in [3.8, 4) is 5.75 Å². The molecule has 36 heavy (non-hydrogen) atoms. The van der Waals surface area contributed by atoms with Crippen molar-refractivity contribution in [2.75, 3.05) is 19.7 Å². The first kappa shape index (κ1) is 27.7. The Morgan fingerprint density at radius 2 is 1.89 bits per heavy atom. The maximum atomic E-state index is 14.6. The van der Waals surface area contributed by atoms with E-state index < -0.39 is 24.2 Å². The summed E-state index contributed by atoms with van der Waals surface area (Å²) in [6.45, 7) is 6.06. The number of rotatable bonds is 9. The van der Waals surface area contributed by atoms with Gasteiger partial charge in [-0.2, -0.15) is 0 Å². The molecule has 0 radical (unpaired) electrons. The van der Waals surface area contributed by atoms with Crippen LogP contribution in [-0.2, 0) is 9.53 Å². The quantitative estimate of drug-likeness (QED) is 0.478. The van der Waals surface area contributed by atoms with Crippen molar-refractivity contribution in [1.29, 1.82) is 0 Å². The third kappa shape index (κ3) is 7.81. The first-order valence-corrected chi connectivity index (χ1v) is 13.0. The molecule has 200 valence electrons. The number of nitrogens with zero attached hydrogens (tertiary/aromatic N) is 3. The molecule has 1 saturated carbocycles. The van der Waals surface area contributed by atoms with Crippen molar-refractivity contribution < 1.29 is 28.6 Å². The third-order valence-corrected chi connectivity index (χ3v) is 6.36. The lowest BCUT2D eigenvalue weighted by Gasteiger charge is -2.43. The van der Waals surface area contributed by atoms with Gasteiger partial charge in [-0.25, -0.2) is 14.2 Å². The van der Waals surface area contributed by atoms with Crippen molar-refractivity contribution >= 4 is 23.6 Å². The molecule has 0 bridgehead atoms. The Morgan fingerprint density at radius 3 is 2.53 bits per heavy atom. The largest absolute Gasteiger partial charge is 0.488 e. The van der Waals surface area contributed by atoms with Gasteiger partial charge >= 0.3 is 12.0 Å². The molecule has 2 fully saturated rings. The summed E-state index contributed by atoms with van der Waals surface area (Å²) in [5.74, 6) is -0.416. The van der Waals surface area contributed by atoms with Crippen LogP contribution in [0, 0.1) is 11.7 Å². The topological polar surface area (TPSA) is 104 Å². The zero-order chi connectivity index (χ0) is 26.1. The number of hydrogen-bond acceptors (Lipinski definition) is 6. The molecule has 1 aromatic carbocycles. The number of aliphatic hydroxyl groups is 1. The van der Waals surface area contributed by atoms with Crippen molar-refractivity contribution in [3.05, 3.63) is 24.0 Å². The van der Waals surface area contributed by atoms with E-state index in [2.05, 4.69) is 10.3 Å². The summed E-state index contributed by atoms with van der Waals surface area (Å²) in [6, 6.07) is 3.76. The van der Waals surface area contributed by atoms with Gasteiger partial charge < -0.3 is 14.6 Å². The van der Waals surface area contributed by atoms with E-state index in [9.17, 15) is 19.1 Å². The fourth-order valence-corrected chi connectivity index (χ4v) is 4.59. The number of guanidine groups is 1. The highest BCUT2D eigenvalue weighted by Crippen LogP contribution is 2.27. The van der Waals surface area contributed by atoms with E-state index in [1.807, 2.05) is 13.8 Å². The molecule has 1 heterocycles. The lowest BCUT2D eigenvalue weighted by Crippen LogP contribution is -2.66. The number of carbonyl (C=O) groups is 2. The zero-order valence-corrected chi connectivity index (χ0v) is 21.5. The van der Waals surface area contributed by atoms with Crippen molar-refractivity contribution in [2.45, 2.75) is 84.6 Å². The Labute approximate surface area is 212 Å². The predicted molar refractivity (Wildman–Crippen MR) is 134 cm³/mol. The minimum atomic E-state index is -1.31. The van der Waals surface area contributed by atoms with Gasteiger partial charge in [-0.15, -0.1) is 0 Å². The Morgan fingerprint density at radius 1 is 1.19 bits per heavy atom. The SMILES string of the molecule is CCOC(=O)CCN1C(=O)NC(=Nc2ccc(OC(C)C)c(F)c2)N(CC2CCCCCCC2)C1O. The van der Waals surface area contributed by atoms with E-state index in [0.29, 0.717) is 12.5 Å². The van der Waals surface area contributed by atoms with Crippen LogP contribution in [0.3, 0.4) is 0 Å². The van der Waals surface area contributed by atoms with Crippen LogP contribution in [-0.4, -0.2) is 65.0 Å². The minimum Gasteiger partial charge on any atom is -0.488 e. The molecule has 1 atom stereocenters. The van der Waals surface area contributed by atoms with E-state index in [0.717, 1.165) is 25.7 Å². The number of hydrogen-bond donors (Lipinski definition) is 2. The molecule has 1 unspecified atom stereocenters. The molecule has 2 N–H and O–H groups in total. The highest BCUT2D eigenvalue weighted by atomic mass is 19.1. The second-order valence-electron chi connectivity index (χ2n) is 9.61. The predicted octanol–water partition coefficient (Wildman–Crippen LogP) is 4.52. The van der Waals surface area contributed by atoms with E-state index in [1.54, 1.807) is 17.9 Å². The van der Waals surface area contributed by atoms with Gasteiger partial charge in [-0.1, -0.05) is 32.1 Å². The maximum Gasteiger partial charge on any atom is 0.327 e. The highest BCUT2D eigenvalue weighted by Gasteiger charge is 2.37. The van der Waals surface area contributed by atoms with Crippen LogP contribution < -0.4 is 10.1 Å². The van der Waals surface area contributed by atoms with Gasteiger partial charge in [0.05, 0.1) is 24.8 Å². The summed E-state index contributed by atoms with van der Waals surface area (Å²) < 4.78 is 25.0. The van der Waals surface area contributed by atoms with Gasteiger partial charge in [-0.05, 0) is 51.7 Å². The van der Waals surface area contributed by atoms with E-state index >= 15 is 0 Å². The normalized spacial score (nSPS) is 20.8. The van der Waals surface area contributed by atoms with Gasteiger partial charge in [-0.3, -0.25) is 19.9 Å². The number of aliphatic imine (C=N–C) groups is 1. The molecular weight excluding hydrogens is 467 g/mol. The number of esters is 1. The van der Waals surface area contributed by atoms with E-state index in [1.165, 1.54) is 36.3 Å². The lowest BCUT2D eigenvalue weighted by molar-refractivity contribution is -0.144. The monoisotopic (exact) mass is 506 g/mol. The Kier molecular flexibility index (Phi) is 10.3. The highest BCUT2D eigenvalue weighted by molar-refractivity contribution is 5.99. The van der Waals surface area contributed by atoms with Crippen molar-refractivity contribution in [1.82, 2.24) is 15.1 Å². The number of ether oxygens (including phenoxy) is 2. The number of benzene rings is 1. The van der Waals surface area contributed by atoms with Crippen LogP contribution in [0.1, 0.15) is 72.1 Å². The Balaban J connectivity index is 1.84. The van der Waals surface area contributed by atoms with Crippen LogP contribution >= 0.6 is 0 Å².